The summed E-state index contributed by atoms with van der Waals surface area (Å²) in [6, 6.07) is 13.8. The van der Waals surface area contributed by atoms with Crippen LogP contribution in [0, 0.1) is 0 Å². The van der Waals surface area contributed by atoms with Crippen molar-refractivity contribution in [1.29, 1.82) is 0 Å². The van der Waals surface area contributed by atoms with E-state index in [0.717, 1.165) is 26.9 Å². The normalized spacial score (nSPS) is 15.0. The molecule has 21 heavy (non-hydrogen) atoms. The van der Waals surface area contributed by atoms with E-state index in [1.807, 2.05) is 54.3 Å². The summed E-state index contributed by atoms with van der Waals surface area (Å²) < 4.78 is 6.20. The number of halogens is 1. The van der Waals surface area contributed by atoms with Gasteiger partial charge in [-0.1, -0.05) is 34.1 Å². The number of amides is 1. The molecule has 0 aliphatic carbocycles. The van der Waals surface area contributed by atoms with E-state index in [0.29, 0.717) is 6.54 Å². The second kappa shape index (κ2) is 5.53. The molecule has 1 atom stereocenters. The molecule has 4 heteroatoms. The Balaban J connectivity index is 1.90. The fourth-order valence-electron chi connectivity index (χ4n) is 2.69. The van der Waals surface area contributed by atoms with Crippen molar-refractivity contribution in [2.45, 2.75) is 19.5 Å². The number of nitrogens with zero attached hydrogens (tertiary/aromatic N) is 1. The summed E-state index contributed by atoms with van der Waals surface area (Å²) >= 11 is 3.43. The number of rotatable bonds is 3. The summed E-state index contributed by atoms with van der Waals surface area (Å²) in [5.41, 5.74) is 2.95. The number of fused-ring (bicyclic) bond motifs is 1. The van der Waals surface area contributed by atoms with E-state index in [4.69, 9.17) is 4.74 Å². The van der Waals surface area contributed by atoms with Crippen LogP contribution in [0.4, 0.5) is 0 Å². The number of methoxy groups -OCH3 is 1. The molecular formula is C17H16BrNO2. The van der Waals surface area contributed by atoms with E-state index < -0.39 is 0 Å². The second-order valence-electron chi connectivity index (χ2n) is 5.19. The average molecular weight is 346 g/mol. The third-order valence-electron chi connectivity index (χ3n) is 3.95. The molecule has 0 radical (unpaired) electrons. The van der Waals surface area contributed by atoms with Crippen molar-refractivity contribution in [2.75, 3.05) is 7.11 Å². The first-order valence-electron chi connectivity index (χ1n) is 6.83. The van der Waals surface area contributed by atoms with Crippen LogP contribution in [-0.2, 0) is 6.54 Å². The third-order valence-corrected chi connectivity index (χ3v) is 4.44. The molecule has 0 fully saturated rings. The van der Waals surface area contributed by atoms with Gasteiger partial charge in [-0.05, 0) is 42.3 Å². The number of ether oxygens (including phenoxy) is 1. The zero-order chi connectivity index (χ0) is 15.0. The molecule has 108 valence electrons. The monoisotopic (exact) mass is 345 g/mol. The minimum atomic E-state index is 0.0128. The SMILES string of the molecule is COc1cccc([C@@H](C)N2Cc3ccc(Br)cc3C2=O)c1. The summed E-state index contributed by atoms with van der Waals surface area (Å²) in [6.45, 7) is 2.70. The van der Waals surface area contributed by atoms with Crippen molar-refractivity contribution >= 4 is 21.8 Å². The summed E-state index contributed by atoms with van der Waals surface area (Å²) in [4.78, 5) is 14.5. The van der Waals surface area contributed by atoms with Crippen molar-refractivity contribution in [3.8, 4) is 5.75 Å². The molecule has 2 aromatic rings. The number of hydrogen-bond donors (Lipinski definition) is 0. The van der Waals surface area contributed by atoms with Crippen LogP contribution >= 0.6 is 15.9 Å². The zero-order valence-corrected chi connectivity index (χ0v) is 13.6. The molecule has 1 aliphatic rings. The first kappa shape index (κ1) is 14.1. The summed E-state index contributed by atoms with van der Waals surface area (Å²) in [5, 5.41) is 0. The molecule has 1 aliphatic heterocycles. The Bertz CT molecular complexity index is 699. The van der Waals surface area contributed by atoms with Crippen LogP contribution in [0.25, 0.3) is 0 Å². The highest BCUT2D eigenvalue weighted by Gasteiger charge is 2.31. The van der Waals surface area contributed by atoms with Crippen molar-refractivity contribution in [3.63, 3.8) is 0 Å². The van der Waals surface area contributed by atoms with Gasteiger partial charge in [-0.25, -0.2) is 0 Å². The standard InChI is InChI=1S/C17H16BrNO2/c1-11(12-4-3-5-15(8-12)21-2)19-10-13-6-7-14(18)9-16(13)17(19)20/h3-9,11H,10H2,1-2H3/t11-/m1/s1. The van der Waals surface area contributed by atoms with E-state index in [1.165, 1.54) is 0 Å². The van der Waals surface area contributed by atoms with Crippen LogP contribution in [0.15, 0.2) is 46.9 Å². The predicted molar refractivity (Wildman–Crippen MR) is 85.4 cm³/mol. The van der Waals surface area contributed by atoms with Gasteiger partial charge in [0, 0.05) is 16.6 Å². The molecule has 0 saturated carbocycles. The minimum Gasteiger partial charge on any atom is -0.497 e. The molecule has 0 saturated heterocycles. The highest BCUT2D eigenvalue weighted by Crippen LogP contribution is 2.33. The summed E-state index contributed by atoms with van der Waals surface area (Å²) in [6.07, 6.45) is 0. The van der Waals surface area contributed by atoms with Gasteiger partial charge in [-0.3, -0.25) is 4.79 Å². The predicted octanol–water partition coefficient (Wildman–Crippen LogP) is 4.17. The van der Waals surface area contributed by atoms with Gasteiger partial charge in [0.2, 0.25) is 0 Å². The Morgan fingerprint density at radius 3 is 2.81 bits per heavy atom. The lowest BCUT2D eigenvalue weighted by molar-refractivity contribution is 0.0715. The smallest absolute Gasteiger partial charge is 0.255 e. The van der Waals surface area contributed by atoms with Crippen LogP contribution < -0.4 is 4.74 Å². The Hall–Kier alpha value is -1.81. The Labute approximate surface area is 132 Å². The molecule has 3 rings (SSSR count). The number of carbonyl (C=O) groups excluding carboxylic acids is 1. The van der Waals surface area contributed by atoms with E-state index in [9.17, 15) is 4.79 Å². The minimum absolute atomic E-state index is 0.0128. The summed E-state index contributed by atoms with van der Waals surface area (Å²) in [5.74, 6) is 0.896. The van der Waals surface area contributed by atoms with Gasteiger partial charge in [0.15, 0.2) is 0 Å². The first-order valence-corrected chi connectivity index (χ1v) is 7.63. The fourth-order valence-corrected chi connectivity index (χ4v) is 3.05. The zero-order valence-electron chi connectivity index (χ0n) is 12.0. The quantitative estimate of drug-likeness (QED) is 0.835. The molecule has 3 nitrogen and oxygen atoms in total. The van der Waals surface area contributed by atoms with Crippen molar-refractivity contribution in [3.05, 3.63) is 63.6 Å². The van der Waals surface area contributed by atoms with Gasteiger partial charge < -0.3 is 9.64 Å². The third kappa shape index (κ3) is 2.56. The summed E-state index contributed by atoms with van der Waals surface area (Å²) in [7, 11) is 1.65. The lowest BCUT2D eigenvalue weighted by Crippen LogP contribution is -2.27. The molecule has 1 heterocycles. The van der Waals surface area contributed by atoms with Crippen LogP contribution in [0.1, 0.15) is 34.5 Å². The van der Waals surface area contributed by atoms with Gasteiger partial charge in [0.05, 0.1) is 13.2 Å². The van der Waals surface area contributed by atoms with Crippen molar-refractivity contribution in [1.82, 2.24) is 4.90 Å². The molecule has 0 N–H and O–H groups in total. The van der Waals surface area contributed by atoms with Crippen molar-refractivity contribution < 1.29 is 9.53 Å². The molecule has 2 aromatic carbocycles. The van der Waals surface area contributed by atoms with E-state index in [1.54, 1.807) is 7.11 Å². The topological polar surface area (TPSA) is 29.5 Å². The number of carbonyl (C=O) groups is 1. The molecule has 0 spiro atoms. The lowest BCUT2D eigenvalue weighted by Gasteiger charge is -2.25. The van der Waals surface area contributed by atoms with Crippen LogP contribution in [0.3, 0.4) is 0 Å². The van der Waals surface area contributed by atoms with Gasteiger partial charge in [-0.2, -0.15) is 0 Å². The largest absolute Gasteiger partial charge is 0.497 e. The maximum absolute atomic E-state index is 12.6. The lowest BCUT2D eigenvalue weighted by atomic mass is 10.1. The second-order valence-corrected chi connectivity index (χ2v) is 6.10. The molecule has 0 aromatic heterocycles. The maximum atomic E-state index is 12.6. The van der Waals surface area contributed by atoms with Gasteiger partial charge in [-0.15, -0.1) is 0 Å². The van der Waals surface area contributed by atoms with Crippen LogP contribution in [0.5, 0.6) is 5.75 Å². The van der Waals surface area contributed by atoms with Crippen LogP contribution in [-0.4, -0.2) is 17.9 Å². The van der Waals surface area contributed by atoms with Crippen molar-refractivity contribution in [2.24, 2.45) is 0 Å². The Morgan fingerprint density at radius 2 is 2.05 bits per heavy atom. The van der Waals surface area contributed by atoms with E-state index >= 15 is 0 Å². The number of benzene rings is 2. The molecule has 1 amide bonds. The van der Waals surface area contributed by atoms with Crippen LogP contribution in [0.2, 0.25) is 0 Å². The molecule has 0 bridgehead atoms. The highest BCUT2D eigenvalue weighted by atomic mass is 79.9. The molecular weight excluding hydrogens is 330 g/mol. The van der Waals surface area contributed by atoms with Gasteiger partial charge in [0.25, 0.3) is 5.91 Å². The fraction of sp³-hybridized carbons (Fsp3) is 0.235. The maximum Gasteiger partial charge on any atom is 0.255 e. The van der Waals surface area contributed by atoms with Gasteiger partial charge in [0.1, 0.15) is 5.75 Å². The van der Waals surface area contributed by atoms with E-state index in [2.05, 4.69) is 15.9 Å². The first-order chi connectivity index (χ1) is 10.1. The average Bonchev–Trinajstić information content (AvgIpc) is 2.83. The number of hydrogen-bond acceptors (Lipinski definition) is 2. The van der Waals surface area contributed by atoms with E-state index in [-0.39, 0.29) is 11.9 Å². The Kier molecular flexibility index (Phi) is 3.72. The Morgan fingerprint density at radius 1 is 1.24 bits per heavy atom. The molecule has 0 unspecified atom stereocenters. The van der Waals surface area contributed by atoms with Gasteiger partial charge >= 0.3 is 0 Å². The highest BCUT2D eigenvalue weighted by molar-refractivity contribution is 9.10.